The van der Waals surface area contributed by atoms with E-state index in [1.807, 2.05) is 0 Å². The van der Waals surface area contributed by atoms with Crippen LogP contribution in [-0.4, -0.2) is 0 Å². The van der Waals surface area contributed by atoms with Gasteiger partial charge in [0.25, 0.3) is 0 Å². The number of hydrogen-bond donors (Lipinski definition) is 0. The molecule has 0 saturated heterocycles. The summed E-state index contributed by atoms with van der Waals surface area (Å²) < 4.78 is 0. The Morgan fingerprint density at radius 2 is 0.645 bits per heavy atom. The van der Waals surface area contributed by atoms with Gasteiger partial charge in [-0.25, -0.2) is 0 Å². The molecule has 0 amide bonds. The van der Waals surface area contributed by atoms with Crippen molar-refractivity contribution in [1.29, 1.82) is 0 Å². The van der Waals surface area contributed by atoms with E-state index in [1.54, 1.807) is 0 Å². The quantitative estimate of drug-likeness (QED) is 0.120. The summed E-state index contributed by atoms with van der Waals surface area (Å²) in [5.74, 6) is 0. The van der Waals surface area contributed by atoms with Crippen molar-refractivity contribution in [3.8, 4) is 55.6 Å². The van der Waals surface area contributed by atoms with Gasteiger partial charge in [-0.2, -0.15) is 0 Å². The molecule has 13 rings (SSSR count). The molecule has 0 fully saturated rings. The Morgan fingerprint density at radius 3 is 1.27 bits per heavy atom. The highest BCUT2D eigenvalue weighted by Crippen LogP contribution is 2.51. The van der Waals surface area contributed by atoms with Crippen molar-refractivity contribution in [2.24, 2.45) is 0 Å². The van der Waals surface area contributed by atoms with Gasteiger partial charge in [-0.3, -0.25) is 0 Å². The van der Waals surface area contributed by atoms with Crippen LogP contribution in [0.5, 0.6) is 0 Å². The van der Waals surface area contributed by atoms with Gasteiger partial charge in [0, 0.05) is 0 Å². The molecule has 0 saturated carbocycles. The summed E-state index contributed by atoms with van der Waals surface area (Å²) in [5, 5.41) is 15.2. The summed E-state index contributed by atoms with van der Waals surface area (Å²) in [6.07, 6.45) is 4.60. The lowest BCUT2D eigenvalue weighted by atomic mass is 9.83. The second-order valence-electron chi connectivity index (χ2n) is 16.7. The van der Waals surface area contributed by atoms with Crippen LogP contribution in [0.25, 0.3) is 132 Å². The topological polar surface area (TPSA) is 0 Å². The molecule has 1 aliphatic carbocycles. The standard InChI is InChI=1S/C62H38/c1-2-18-44-39(14-1)15-11-27-48(44)50-35-32-40(45-19-3-5-21-47(45)50)30-31-41-33-37-58(49-22-6-4-20-46(41)49)62-55-25-9-7-23-53(55)61(54-24-8-10-26-56(54)62)43-34-36-51-52-28-12-16-42-17-13-29-57(60(42)52)59(51)38-43/h1-38H/b31-30+. The Labute approximate surface area is 360 Å². The van der Waals surface area contributed by atoms with E-state index in [0.717, 1.165) is 0 Å². The second kappa shape index (κ2) is 13.7. The fourth-order valence-electron chi connectivity index (χ4n) is 10.7. The zero-order valence-electron chi connectivity index (χ0n) is 33.9. The summed E-state index contributed by atoms with van der Waals surface area (Å²) in [4.78, 5) is 0. The minimum atomic E-state index is 1.20. The lowest BCUT2D eigenvalue weighted by molar-refractivity contribution is 1.65. The molecule has 1 aliphatic rings. The van der Waals surface area contributed by atoms with Crippen molar-refractivity contribution in [3.63, 3.8) is 0 Å². The fraction of sp³-hybridized carbons (Fsp3) is 0. The van der Waals surface area contributed by atoms with Crippen LogP contribution in [0.1, 0.15) is 11.1 Å². The number of rotatable bonds is 5. The van der Waals surface area contributed by atoms with Crippen LogP contribution in [0.3, 0.4) is 0 Å². The smallest absolute Gasteiger partial charge is 0.00201 e. The van der Waals surface area contributed by atoms with E-state index < -0.39 is 0 Å². The highest BCUT2D eigenvalue weighted by Gasteiger charge is 2.24. The van der Waals surface area contributed by atoms with E-state index in [9.17, 15) is 0 Å². The lowest BCUT2D eigenvalue weighted by Crippen LogP contribution is -1.92. The first-order valence-electron chi connectivity index (χ1n) is 21.6. The van der Waals surface area contributed by atoms with Crippen molar-refractivity contribution in [1.82, 2.24) is 0 Å². The molecule has 12 aromatic rings. The van der Waals surface area contributed by atoms with E-state index in [0.29, 0.717) is 0 Å². The monoisotopic (exact) mass is 782 g/mol. The first-order chi connectivity index (χ1) is 30.8. The average Bonchev–Trinajstić information content (AvgIpc) is 3.66. The molecule has 0 aliphatic heterocycles. The molecular formula is C62H38. The zero-order valence-corrected chi connectivity index (χ0v) is 33.9. The molecule has 286 valence electrons. The van der Waals surface area contributed by atoms with Gasteiger partial charge >= 0.3 is 0 Å². The molecular weight excluding hydrogens is 745 g/mol. The Hall–Kier alpha value is -8.06. The van der Waals surface area contributed by atoms with E-state index in [1.165, 1.54) is 131 Å². The lowest BCUT2D eigenvalue weighted by Gasteiger charge is -2.20. The third kappa shape index (κ3) is 5.20. The van der Waals surface area contributed by atoms with Crippen LogP contribution in [0.4, 0.5) is 0 Å². The molecule has 0 bridgehead atoms. The van der Waals surface area contributed by atoms with E-state index >= 15 is 0 Å². The minimum absolute atomic E-state index is 1.20. The van der Waals surface area contributed by atoms with Gasteiger partial charge in [0.15, 0.2) is 0 Å². The predicted octanol–water partition coefficient (Wildman–Crippen LogP) is 17.4. The van der Waals surface area contributed by atoms with Crippen LogP contribution in [-0.2, 0) is 0 Å². The van der Waals surface area contributed by atoms with Crippen molar-refractivity contribution < 1.29 is 0 Å². The van der Waals surface area contributed by atoms with E-state index in [2.05, 4.69) is 231 Å². The Balaban J connectivity index is 0.955. The van der Waals surface area contributed by atoms with Gasteiger partial charge < -0.3 is 0 Å². The average molecular weight is 783 g/mol. The molecule has 0 heterocycles. The maximum atomic E-state index is 2.44. The summed E-state index contributed by atoms with van der Waals surface area (Å²) in [5.41, 5.74) is 15.3. The number of benzene rings is 12. The fourth-order valence-corrected chi connectivity index (χ4v) is 10.7. The maximum absolute atomic E-state index is 2.44. The number of hydrogen-bond acceptors (Lipinski definition) is 0. The molecule has 0 radical (unpaired) electrons. The van der Waals surface area contributed by atoms with Crippen LogP contribution in [0.15, 0.2) is 218 Å². The molecule has 0 aromatic heterocycles. The molecule has 0 spiro atoms. The predicted molar refractivity (Wildman–Crippen MR) is 268 cm³/mol. The van der Waals surface area contributed by atoms with Gasteiger partial charge in [0.1, 0.15) is 0 Å². The van der Waals surface area contributed by atoms with Crippen LogP contribution >= 0.6 is 0 Å². The Bertz CT molecular complexity index is 3790. The van der Waals surface area contributed by atoms with Crippen LogP contribution in [0, 0.1) is 0 Å². The SMILES string of the molecule is C(=C\c1ccc(-c2c3ccccc3c(-c3ccc4c(c3)-c3cccc5cccc-4c35)c3ccccc23)c2ccccc12)/c1ccc(-c2cccc3ccccc23)c2ccccc12. The second-order valence-corrected chi connectivity index (χ2v) is 16.7. The van der Waals surface area contributed by atoms with Gasteiger partial charge in [-0.1, -0.05) is 224 Å². The summed E-state index contributed by atoms with van der Waals surface area (Å²) in [7, 11) is 0. The normalized spacial score (nSPS) is 12.1. The zero-order chi connectivity index (χ0) is 40.7. The highest BCUT2D eigenvalue weighted by atomic mass is 14.3. The third-order valence-electron chi connectivity index (χ3n) is 13.4. The maximum Gasteiger partial charge on any atom is -0.00201 e. The molecule has 0 unspecified atom stereocenters. The summed E-state index contributed by atoms with van der Waals surface area (Å²) in [6.45, 7) is 0. The van der Waals surface area contributed by atoms with Gasteiger partial charge in [0.2, 0.25) is 0 Å². The van der Waals surface area contributed by atoms with Gasteiger partial charge in [0.05, 0.1) is 0 Å². The van der Waals surface area contributed by atoms with Crippen molar-refractivity contribution >= 4 is 76.8 Å². The largest absolute Gasteiger partial charge is 0.0616 e. The third-order valence-corrected chi connectivity index (χ3v) is 13.4. The molecule has 0 nitrogen and oxygen atoms in total. The van der Waals surface area contributed by atoms with Crippen molar-refractivity contribution in [3.05, 3.63) is 230 Å². The van der Waals surface area contributed by atoms with E-state index in [-0.39, 0.29) is 0 Å². The van der Waals surface area contributed by atoms with Crippen LogP contribution in [0.2, 0.25) is 0 Å². The summed E-state index contributed by atoms with van der Waals surface area (Å²) in [6, 6.07) is 80.9. The molecule has 62 heavy (non-hydrogen) atoms. The highest BCUT2D eigenvalue weighted by molar-refractivity contribution is 6.25. The molecule has 0 heteroatoms. The van der Waals surface area contributed by atoms with E-state index in [4.69, 9.17) is 0 Å². The first-order valence-corrected chi connectivity index (χ1v) is 21.6. The number of fused-ring (bicyclic) bond motifs is 8. The van der Waals surface area contributed by atoms with Crippen LogP contribution < -0.4 is 0 Å². The minimum Gasteiger partial charge on any atom is -0.0616 e. The molecule has 0 atom stereocenters. The first kappa shape index (κ1) is 34.8. The van der Waals surface area contributed by atoms with Gasteiger partial charge in [-0.05, 0) is 137 Å². The Kier molecular flexibility index (Phi) is 7.71. The Morgan fingerprint density at radius 1 is 0.226 bits per heavy atom. The van der Waals surface area contributed by atoms with Crippen molar-refractivity contribution in [2.75, 3.05) is 0 Å². The molecule has 0 N–H and O–H groups in total. The summed E-state index contributed by atoms with van der Waals surface area (Å²) >= 11 is 0. The molecule has 12 aromatic carbocycles. The van der Waals surface area contributed by atoms with Crippen molar-refractivity contribution in [2.45, 2.75) is 0 Å². The van der Waals surface area contributed by atoms with Gasteiger partial charge in [-0.15, -0.1) is 0 Å².